The molecule has 0 unspecified atom stereocenters. The Kier molecular flexibility index (Phi) is 5.38. The van der Waals surface area contributed by atoms with E-state index in [1.807, 2.05) is 30.3 Å². The molecule has 2 aromatic rings. The van der Waals surface area contributed by atoms with E-state index < -0.39 is 12.0 Å². The van der Waals surface area contributed by atoms with Gasteiger partial charge in [0, 0.05) is 6.42 Å². The van der Waals surface area contributed by atoms with Gasteiger partial charge in [0.15, 0.2) is 11.5 Å². The minimum absolute atomic E-state index is 0.206. The van der Waals surface area contributed by atoms with E-state index in [2.05, 4.69) is 0 Å². The molecule has 22 heavy (non-hydrogen) atoms. The quantitative estimate of drug-likeness (QED) is 0.558. The number of phenols is 2. The molecule has 0 radical (unpaired) electrons. The van der Waals surface area contributed by atoms with Crippen molar-refractivity contribution in [2.24, 2.45) is 5.73 Å². The van der Waals surface area contributed by atoms with E-state index in [0.717, 1.165) is 5.56 Å². The van der Waals surface area contributed by atoms with Gasteiger partial charge in [0.25, 0.3) is 0 Å². The fraction of sp³-hybridized carbons (Fsp3) is 0.235. The second kappa shape index (κ2) is 7.47. The molecule has 2 aromatic carbocycles. The number of ether oxygens (including phenoxy) is 1. The summed E-state index contributed by atoms with van der Waals surface area (Å²) in [5.41, 5.74) is 7.54. The molecule has 0 aromatic heterocycles. The number of hydrogen-bond donors (Lipinski definition) is 3. The first-order valence-electron chi connectivity index (χ1n) is 7.03. The number of rotatable bonds is 6. The summed E-state index contributed by atoms with van der Waals surface area (Å²) >= 11 is 0. The second-order valence-corrected chi connectivity index (χ2v) is 5.04. The first kappa shape index (κ1) is 15.9. The van der Waals surface area contributed by atoms with E-state index in [1.54, 1.807) is 6.07 Å². The first-order chi connectivity index (χ1) is 10.6. The summed E-state index contributed by atoms with van der Waals surface area (Å²) in [6, 6.07) is 13.3. The van der Waals surface area contributed by atoms with Crippen molar-refractivity contribution in [3.8, 4) is 11.5 Å². The predicted octanol–water partition coefficient (Wildman–Crippen LogP) is 1.75. The molecule has 0 heterocycles. The summed E-state index contributed by atoms with van der Waals surface area (Å²) in [5.74, 6) is -0.923. The number of carbonyl (C=O) groups excluding carboxylic acids is 1. The maximum absolute atomic E-state index is 11.8. The van der Waals surface area contributed by atoms with Gasteiger partial charge < -0.3 is 20.7 Å². The van der Waals surface area contributed by atoms with Crippen LogP contribution in [-0.4, -0.2) is 28.8 Å². The number of esters is 1. The Morgan fingerprint density at radius 3 is 2.45 bits per heavy atom. The summed E-state index contributed by atoms with van der Waals surface area (Å²) < 4.78 is 5.16. The van der Waals surface area contributed by atoms with Crippen LogP contribution in [0, 0.1) is 0 Å². The molecule has 0 amide bonds. The van der Waals surface area contributed by atoms with Crippen LogP contribution < -0.4 is 5.73 Å². The lowest BCUT2D eigenvalue weighted by Gasteiger charge is -2.12. The fourth-order valence-corrected chi connectivity index (χ4v) is 2.05. The molecule has 2 rings (SSSR count). The van der Waals surface area contributed by atoms with Crippen LogP contribution in [0.3, 0.4) is 0 Å². The van der Waals surface area contributed by atoms with Gasteiger partial charge in [-0.3, -0.25) is 4.79 Å². The maximum atomic E-state index is 11.8. The van der Waals surface area contributed by atoms with Crippen LogP contribution in [0.2, 0.25) is 0 Å². The SMILES string of the molecule is N[C@@H](Cc1ccc(O)c(O)c1)C(=O)OCCc1ccccc1. The van der Waals surface area contributed by atoms with Gasteiger partial charge in [-0.05, 0) is 29.7 Å². The first-order valence-corrected chi connectivity index (χ1v) is 7.03. The van der Waals surface area contributed by atoms with E-state index >= 15 is 0 Å². The van der Waals surface area contributed by atoms with Crippen molar-refractivity contribution < 1.29 is 19.7 Å². The molecule has 5 nitrogen and oxygen atoms in total. The zero-order valence-corrected chi connectivity index (χ0v) is 12.1. The third kappa shape index (κ3) is 4.49. The largest absolute Gasteiger partial charge is 0.504 e. The molecule has 0 bridgehead atoms. The zero-order valence-electron chi connectivity index (χ0n) is 12.1. The summed E-state index contributed by atoms with van der Waals surface area (Å²) in [4.78, 5) is 11.8. The Morgan fingerprint density at radius 1 is 1.05 bits per heavy atom. The Balaban J connectivity index is 1.80. The van der Waals surface area contributed by atoms with Gasteiger partial charge in [0.2, 0.25) is 0 Å². The highest BCUT2D eigenvalue weighted by Crippen LogP contribution is 2.25. The van der Waals surface area contributed by atoms with Gasteiger partial charge in [0.1, 0.15) is 6.04 Å². The summed E-state index contributed by atoms with van der Waals surface area (Å²) in [7, 11) is 0. The van der Waals surface area contributed by atoms with E-state index in [4.69, 9.17) is 10.5 Å². The number of phenolic OH excluding ortho intramolecular Hbond substituents is 2. The molecule has 1 atom stereocenters. The van der Waals surface area contributed by atoms with Crippen molar-refractivity contribution in [3.63, 3.8) is 0 Å². The van der Waals surface area contributed by atoms with Crippen molar-refractivity contribution in [2.75, 3.05) is 6.61 Å². The molecular formula is C17H19NO4. The Labute approximate surface area is 129 Å². The van der Waals surface area contributed by atoms with Gasteiger partial charge in [0.05, 0.1) is 6.61 Å². The highest BCUT2D eigenvalue weighted by Gasteiger charge is 2.16. The number of hydrogen-bond acceptors (Lipinski definition) is 5. The maximum Gasteiger partial charge on any atom is 0.323 e. The summed E-state index contributed by atoms with van der Waals surface area (Å²) in [6.45, 7) is 0.275. The molecule has 0 aliphatic rings. The van der Waals surface area contributed by atoms with Crippen molar-refractivity contribution >= 4 is 5.97 Å². The van der Waals surface area contributed by atoms with Crippen molar-refractivity contribution in [3.05, 3.63) is 59.7 Å². The minimum Gasteiger partial charge on any atom is -0.504 e. The van der Waals surface area contributed by atoms with Crippen LogP contribution in [0.5, 0.6) is 11.5 Å². The van der Waals surface area contributed by atoms with E-state index in [0.29, 0.717) is 12.0 Å². The van der Waals surface area contributed by atoms with Crippen molar-refractivity contribution in [1.82, 2.24) is 0 Å². The average Bonchev–Trinajstić information content (AvgIpc) is 2.52. The lowest BCUT2D eigenvalue weighted by Crippen LogP contribution is -2.34. The number of aromatic hydroxyl groups is 2. The summed E-state index contributed by atoms with van der Waals surface area (Å²) in [5, 5.41) is 18.7. The van der Waals surface area contributed by atoms with Gasteiger partial charge in [-0.2, -0.15) is 0 Å². The Bertz CT molecular complexity index is 628. The molecular weight excluding hydrogens is 282 g/mol. The molecule has 0 saturated carbocycles. The molecule has 0 aliphatic carbocycles. The fourth-order valence-electron chi connectivity index (χ4n) is 2.05. The summed E-state index contributed by atoms with van der Waals surface area (Å²) in [6.07, 6.45) is 0.872. The van der Waals surface area contributed by atoms with Crippen LogP contribution in [-0.2, 0) is 22.4 Å². The molecule has 0 saturated heterocycles. The minimum atomic E-state index is -0.806. The van der Waals surface area contributed by atoms with E-state index in [-0.39, 0.29) is 24.5 Å². The highest BCUT2D eigenvalue weighted by atomic mass is 16.5. The van der Waals surface area contributed by atoms with E-state index in [9.17, 15) is 15.0 Å². The molecule has 0 spiro atoms. The Hall–Kier alpha value is -2.53. The molecule has 0 aliphatic heterocycles. The highest BCUT2D eigenvalue weighted by molar-refractivity contribution is 5.76. The lowest BCUT2D eigenvalue weighted by molar-refractivity contribution is -0.145. The lowest BCUT2D eigenvalue weighted by atomic mass is 10.1. The predicted molar refractivity (Wildman–Crippen MR) is 82.6 cm³/mol. The number of carbonyl (C=O) groups is 1. The van der Waals surface area contributed by atoms with Gasteiger partial charge in [-0.1, -0.05) is 36.4 Å². The Morgan fingerprint density at radius 2 is 1.77 bits per heavy atom. The molecule has 4 N–H and O–H groups in total. The molecule has 0 fully saturated rings. The van der Waals surface area contributed by atoms with Crippen LogP contribution >= 0.6 is 0 Å². The standard InChI is InChI=1S/C17H19NO4/c18-14(10-13-6-7-15(19)16(20)11-13)17(21)22-9-8-12-4-2-1-3-5-12/h1-7,11,14,19-20H,8-10,18H2/t14-/m0/s1. The zero-order chi connectivity index (χ0) is 15.9. The van der Waals surface area contributed by atoms with Gasteiger partial charge >= 0.3 is 5.97 Å². The molecule has 5 heteroatoms. The second-order valence-electron chi connectivity index (χ2n) is 5.04. The van der Waals surface area contributed by atoms with Crippen molar-refractivity contribution in [1.29, 1.82) is 0 Å². The van der Waals surface area contributed by atoms with E-state index in [1.165, 1.54) is 12.1 Å². The average molecular weight is 301 g/mol. The topological polar surface area (TPSA) is 92.8 Å². The number of nitrogens with two attached hydrogens (primary N) is 1. The number of benzene rings is 2. The van der Waals surface area contributed by atoms with Crippen LogP contribution in [0.25, 0.3) is 0 Å². The van der Waals surface area contributed by atoms with Crippen LogP contribution in [0.1, 0.15) is 11.1 Å². The third-order valence-electron chi connectivity index (χ3n) is 3.28. The normalized spacial score (nSPS) is 11.9. The van der Waals surface area contributed by atoms with Gasteiger partial charge in [-0.25, -0.2) is 0 Å². The van der Waals surface area contributed by atoms with Crippen LogP contribution in [0.4, 0.5) is 0 Å². The monoisotopic (exact) mass is 301 g/mol. The smallest absolute Gasteiger partial charge is 0.323 e. The third-order valence-corrected chi connectivity index (χ3v) is 3.28. The van der Waals surface area contributed by atoms with Crippen molar-refractivity contribution in [2.45, 2.75) is 18.9 Å². The van der Waals surface area contributed by atoms with Crippen LogP contribution in [0.15, 0.2) is 48.5 Å². The molecule has 116 valence electrons. The van der Waals surface area contributed by atoms with Gasteiger partial charge in [-0.15, -0.1) is 0 Å².